The van der Waals surface area contributed by atoms with Crippen LogP contribution in [-0.4, -0.2) is 22.6 Å². The summed E-state index contributed by atoms with van der Waals surface area (Å²) in [6, 6.07) is 8.39. The molecule has 0 heterocycles. The molecule has 0 saturated heterocycles. The van der Waals surface area contributed by atoms with Crippen LogP contribution < -0.4 is 0 Å². The van der Waals surface area contributed by atoms with Gasteiger partial charge in [-0.25, -0.2) is 0 Å². The summed E-state index contributed by atoms with van der Waals surface area (Å²) in [7, 11) is 0. The molecule has 0 aliphatic heterocycles. The number of aliphatic carboxylic acids is 1. The summed E-state index contributed by atoms with van der Waals surface area (Å²) < 4.78 is 0. The topological polar surface area (TPSA) is 37.3 Å². The third kappa shape index (κ3) is 1.93. The van der Waals surface area contributed by atoms with Crippen molar-refractivity contribution in [3.63, 3.8) is 0 Å². The summed E-state index contributed by atoms with van der Waals surface area (Å²) in [5.74, 6) is 1.01. The van der Waals surface area contributed by atoms with Gasteiger partial charge < -0.3 is 5.11 Å². The molecule has 0 radical (unpaired) electrons. The van der Waals surface area contributed by atoms with E-state index in [2.05, 4.69) is 18.2 Å². The highest BCUT2D eigenvalue weighted by atomic mass is 32.2. The maximum absolute atomic E-state index is 10.3. The lowest BCUT2D eigenvalue weighted by molar-refractivity contribution is -0.133. The minimum atomic E-state index is -0.720. The van der Waals surface area contributed by atoms with E-state index in [1.807, 2.05) is 6.07 Å². The first kappa shape index (κ1) is 9.59. The van der Waals surface area contributed by atoms with E-state index in [9.17, 15) is 4.79 Å². The molecule has 0 fully saturated rings. The van der Waals surface area contributed by atoms with Crippen LogP contribution in [0.5, 0.6) is 0 Å². The van der Waals surface area contributed by atoms with Crippen LogP contribution in [0.1, 0.15) is 17.0 Å². The molecule has 1 aliphatic rings. The molecule has 0 saturated carbocycles. The highest BCUT2D eigenvalue weighted by molar-refractivity contribution is 7.99. The summed E-state index contributed by atoms with van der Waals surface area (Å²) in [5.41, 5.74) is 2.83. The van der Waals surface area contributed by atoms with Crippen LogP contribution in [0, 0.1) is 0 Å². The average Bonchev–Trinajstić information content (AvgIpc) is 2.12. The Morgan fingerprint density at radius 3 is 3.00 bits per heavy atom. The number of carboxylic acid groups (broad SMARTS) is 1. The normalized spacial score (nSPS) is 18.4. The van der Waals surface area contributed by atoms with Gasteiger partial charge in [0.25, 0.3) is 0 Å². The second-order valence-corrected chi connectivity index (χ2v) is 4.54. The summed E-state index contributed by atoms with van der Waals surface area (Å²) in [6.07, 6.45) is 1.11. The number of carbonyl (C=O) groups is 1. The van der Waals surface area contributed by atoms with Gasteiger partial charge in [0.2, 0.25) is 0 Å². The zero-order chi connectivity index (χ0) is 9.97. The number of hydrogen-bond donors (Lipinski definition) is 1. The van der Waals surface area contributed by atoms with Gasteiger partial charge in [-0.3, -0.25) is 4.79 Å². The lowest BCUT2D eigenvalue weighted by Gasteiger charge is -2.29. The number of thioether (sulfide) groups is 1. The van der Waals surface area contributed by atoms with Crippen LogP contribution in [0.4, 0.5) is 0 Å². The molecule has 14 heavy (non-hydrogen) atoms. The fourth-order valence-electron chi connectivity index (χ4n) is 1.80. The van der Waals surface area contributed by atoms with Crippen LogP contribution in [0.15, 0.2) is 24.3 Å². The highest BCUT2D eigenvalue weighted by Crippen LogP contribution is 2.36. The highest BCUT2D eigenvalue weighted by Gasteiger charge is 2.24. The standard InChI is InChI=1S/C11H12O2S/c12-11(13)7-14-6-9-5-8-3-1-2-4-10(8)9/h1-4,9H,5-7H2,(H,12,13). The molecule has 0 amide bonds. The minimum Gasteiger partial charge on any atom is -0.481 e. The maximum atomic E-state index is 10.3. The molecule has 1 aliphatic carbocycles. The second-order valence-electron chi connectivity index (χ2n) is 3.51. The molecule has 0 spiro atoms. The molecule has 1 unspecified atom stereocenters. The Hall–Kier alpha value is -0.960. The van der Waals surface area contributed by atoms with Gasteiger partial charge in [0, 0.05) is 5.75 Å². The van der Waals surface area contributed by atoms with Gasteiger partial charge in [0.15, 0.2) is 0 Å². The van der Waals surface area contributed by atoms with Crippen molar-refractivity contribution >= 4 is 17.7 Å². The molecule has 1 aromatic rings. The monoisotopic (exact) mass is 208 g/mol. The molecule has 0 aromatic heterocycles. The Labute approximate surface area is 87.3 Å². The van der Waals surface area contributed by atoms with Crippen LogP contribution in [0.25, 0.3) is 0 Å². The predicted molar refractivity (Wildman–Crippen MR) is 57.8 cm³/mol. The first-order valence-electron chi connectivity index (χ1n) is 4.64. The van der Waals surface area contributed by atoms with Crippen molar-refractivity contribution in [2.24, 2.45) is 0 Å². The van der Waals surface area contributed by atoms with Crippen molar-refractivity contribution in [1.82, 2.24) is 0 Å². The summed E-state index contributed by atoms with van der Waals surface area (Å²) in [4.78, 5) is 10.3. The Kier molecular flexibility index (Phi) is 2.77. The molecule has 2 rings (SSSR count). The second kappa shape index (κ2) is 4.05. The van der Waals surface area contributed by atoms with Crippen molar-refractivity contribution < 1.29 is 9.90 Å². The Morgan fingerprint density at radius 1 is 1.50 bits per heavy atom. The van der Waals surface area contributed by atoms with E-state index in [-0.39, 0.29) is 5.75 Å². The van der Waals surface area contributed by atoms with Crippen molar-refractivity contribution in [2.45, 2.75) is 12.3 Å². The van der Waals surface area contributed by atoms with Gasteiger partial charge in [0.1, 0.15) is 0 Å². The van der Waals surface area contributed by atoms with E-state index in [1.165, 1.54) is 22.9 Å². The third-order valence-corrected chi connectivity index (χ3v) is 3.59. The average molecular weight is 208 g/mol. The quantitative estimate of drug-likeness (QED) is 0.823. The molecule has 1 aromatic carbocycles. The zero-order valence-corrected chi connectivity index (χ0v) is 8.59. The number of fused-ring (bicyclic) bond motifs is 1. The number of rotatable bonds is 4. The van der Waals surface area contributed by atoms with Crippen LogP contribution in [0.2, 0.25) is 0 Å². The van der Waals surface area contributed by atoms with Crippen molar-refractivity contribution in [3.05, 3.63) is 35.4 Å². The van der Waals surface area contributed by atoms with E-state index >= 15 is 0 Å². The molecule has 0 bridgehead atoms. The third-order valence-electron chi connectivity index (χ3n) is 2.51. The maximum Gasteiger partial charge on any atom is 0.313 e. The number of carboxylic acids is 1. The lowest BCUT2D eigenvalue weighted by Crippen LogP contribution is -2.19. The molecular weight excluding hydrogens is 196 g/mol. The first-order chi connectivity index (χ1) is 6.77. The van der Waals surface area contributed by atoms with Crippen molar-refractivity contribution in [3.8, 4) is 0 Å². The lowest BCUT2D eigenvalue weighted by atomic mass is 9.79. The van der Waals surface area contributed by atoms with E-state index in [0.717, 1.165) is 12.2 Å². The van der Waals surface area contributed by atoms with Crippen LogP contribution in [0.3, 0.4) is 0 Å². The molecule has 1 N–H and O–H groups in total. The van der Waals surface area contributed by atoms with Gasteiger partial charge in [-0.1, -0.05) is 24.3 Å². The minimum absolute atomic E-state index is 0.221. The molecule has 3 heteroatoms. The SMILES string of the molecule is O=C(O)CSCC1Cc2ccccc21. The van der Waals surface area contributed by atoms with Gasteiger partial charge in [-0.15, -0.1) is 11.8 Å². The number of hydrogen-bond acceptors (Lipinski definition) is 2. The van der Waals surface area contributed by atoms with E-state index in [4.69, 9.17) is 5.11 Å². The Bertz CT molecular complexity index is 349. The van der Waals surface area contributed by atoms with E-state index in [1.54, 1.807) is 0 Å². The Balaban J connectivity index is 1.84. The summed E-state index contributed by atoms with van der Waals surface area (Å²) >= 11 is 1.51. The van der Waals surface area contributed by atoms with E-state index < -0.39 is 5.97 Å². The summed E-state index contributed by atoms with van der Waals surface area (Å²) in [5, 5.41) is 8.49. The largest absolute Gasteiger partial charge is 0.481 e. The van der Waals surface area contributed by atoms with Crippen molar-refractivity contribution in [1.29, 1.82) is 0 Å². The van der Waals surface area contributed by atoms with Crippen LogP contribution in [-0.2, 0) is 11.2 Å². The zero-order valence-electron chi connectivity index (χ0n) is 7.77. The van der Waals surface area contributed by atoms with Gasteiger partial charge in [-0.05, 0) is 23.5 Å². The summed E-state index contributed by atoms with van der Waals surface area (Å²) in [6.45, 7) is 0. The first-order valence-corrected chi connectivity index (χ1v) is 5.80. The van der Waals surface area contributed by atoms with Gasteiger partial charge in [-0.2, -0.15) is 0 Å². The predicted octanol–water partition coefficient (Wildman–Crippen LogP) is 2.14. The fourth-order valence-corrected chi connectivity index (χ4v) is 2.67. The number of benzene rings is 1. The van der Waals surface area contributed by atoms with E-state index in [0.29, 0.717) is 5.92 Å². The van der Waals surface area contributed by atoms with Crippen LogP contribution >= 0.6 is 11.8 Å². The molecule has 74 valence electrons. The molecular formula is C11H12O2S. The molecule has 2 nitrogen and oxygen atoms in total. The fraction of sp³-hybridized carbons (Fsp3) is 0.364. The smallest absolute Gasteiger partial charge is 0.313 e. The van der Waals surface area contributed by atoms with Crippen molar-refractivity contribution in [2.75, 3.05) is 11.5 Å². The van der Waals surface area contributed by atoms with Gasteiger partial charge in [0.05, 0.1) is 5.75 Å². The Morgan fingerprint density at radius 2 is 2.29 bits per heavy atom. The molecule has 1 atom stereocenters. The van der Waals surface area contributed by atoms with Gasteiger partial charge >= 0.3 is 5.97 Å².